The van der Waals surface area contributed by atoms with Gasteiger partial charge in [0.1, 0.15) is 11.5 Å². The molecule has 0 aliphatic rings. The van der Waals surface area contributed by atoms with Crippen molar-refractivity contribution in [3.8, 4) is 23.0 Å². The summed E-state index contributed by atoms with van der Waals surface area (Å²) in [5.74, 6) is 0.840. The summed E-state index contributed by atoms with van der Waals surface area (Å²) in [7, 11) is 5.65. The molecule has 9 heteroatoms. The molecule has 0 heterocycles. The van der Waals surface area contributed by atoms with Gasteiger partial charge < -0.3 is 23.7 Å². The van der Waals surface area contributed by atoms with Crippen LogP contribution < -0.4 is 24.4 Å². The first kappa shape index (κ1) is 20.6. The molecule has 0 unspecified atom stereocenters. The average Bonchev–Trinajstić information content (AvgIpc) is 2.73. The molecular weight excluding hydrogens is 368 g/mol. The Hall–Kier alpha value is -3.75. The van der Waals surface area contributed by atoms with Gasteiger partial charge in [-0.1, -0.05) is 0 Å². The van der Waals surface area contributed by atoms with Gasteiger partial charge in [-0.15, -0.1) is 0 Å². The smallest absolute Gasteiger partial charge is 0.427 e. The Balaban J connectivity index is 2.19. The molecule has 0 aliphatic heterocycles. The van der Waals surface area contributed by atoms with Gasteiger partial charge in [0.15, 0.2) is 11.5 Å². The third kappa shape index (κ3) is 5.37. The van der Waals surface area contributed by atoms with E-state index in [2.05, 4.69) is 15.3 Å². The monoisotopic (exact) mass is 388 g/mol. The standard InChI is InChI=1S/C19H20N2O7/c1-24-14-8-13(9-15(10-14)25-2)18(22)28-16-6-5-12(7-17(16)26-3)11-20-21-19(23)27-4/h5-11H,1-4H3,(H,21,23). The van der Waals surface area contributed by atoms with Gasteiger partial charge in [-0.05, 0) is 35.9 Å². The Bertz CT molecular complexity index is 858. The zero-order valence-electron chi connectivity index (χ0n) is 15.8. The predicted octanol–water partition coefficient (Wildman–Crippen LogP) is 2.62. The van der Waals surface area contributed by atoms with Crippen molar-refractivity contribution in [2.75, 3.05) is 28.4 Å². The van der Waals surface area contributed by atoms with Crippen LogP contribution in [0.2, 0.25) is 0 Å². The number of nitrogens with one attached hydrogen (secondary N) is 1. The normalized spacial score (nSPS) is 10.3. The number of rotatable bonds is 7. The van der Waals surface area contributed by atoms with Crippen LogP contribution in [0.25, 0.3) is 0 Å². The first-order valence-corrected chi connectivity index (χ1v) is 8.01. The molecule has 0 atom stereocenters. The zero-order valence-corrected chi connectivity index (χ0v) is 15.8. The number of amides is 1. The van der Waals surface area contributed by atoms with Crippen LogP contribution in [0.15, 0.2) is 41.5 Å². The second-order valence-corrected chi connectivity index (χ2v) is 5.26. The van der Waals surface area contributed by atoms with Crippen LogP contribution in [0.5, 0.6) is 23.0 Å². The van der Waals surface area contributed by atoms with Crippen LogP contribution in [-0.2, 0) is 4.74 Å². The molecule has 0 fully saturated rings. The summed E-state index contributed by atoms with van der Waals surface area (Å²) in [6.07, 6.45) is 0.695. The largest absolute Gasteiger partial charge is 0.497 e. The van der Waals surface area contributed by atoms with Crippen molar-refractivity contribution in [2.24, 2.45) is 5.10 Å². The molecule has 1 N–H and O–H groups in total. The summed E-state index contributed by atoms with van der Waals surface area (Å²) in [4.78, 5) is 23.5. The molecule has 1 amide bonds. The number of nitrogens with zero attached hydrogens (tertiary/aromatic N) is 1. The lowest BCUT2D eigenvalue weighted by atomic mass is 10.2. The topological polar surface area (TPSA) is 105 Å². The Morgan fingerprint density at radius 2 is 1.57 bits per heavy atom. The van der Waals surface area contributed by atoms with E-state index in [4.69, 9.17) is 18.9 Å². The molecule has 2 rings (SSSR count). The first-order valence-electron chi connectivity index (χ1n) is 8.01. The van der Waals surface area contributed by atoms with Crippen molar-refractivity contribution in [1.29, 1.82) is 0 Å². The van der Waals surface area contributed by atoms with Crippen LogP contribution in [0.3, 0.4) is 0 Å². The summed E-state index contributed by atoms with van der Waals surface area (Å²) in [6, 6.07) is 9.51. The molecule has 148 valence electrons. The highest BCUT2D eigenvalue weighted by molar-refractivity contribution is 5.92. The van der Waals surface area contributed by atoms with Gasteiger partial charge in [-0.3, -0.25) is 0 Å². The first-order chi connectivity index (χ1) is 13.5. The third-order valence-electron chi connectivity index (χ3n) is 3.53. The lowest BCUT2D eigenvalue weighted by molar-refractivity contribution is 0.0729. The van der Waals surface area contributed by atoms with Gasteiger partial charge in [0.05, 0.1) is 40.2 Å². The molecule has 0 saturated carbocycles. The van der Waals surface area contributed by atoms with Crippen LogP contribution >= 0.6 is 0 Å². The summed E-state index contributed by atoms with van der Waals surface area (Å²) in [5.41, 5.74) is 3.03. The molecular formula is C19H20N2O7. The highest BCUT2D eigenvalue weighted by Crippen LogP contribution is 2.29. The fraction of sp³-hybridized carbons (Fsp3) is 0.211. The number of methoxy groups -OCH3 is 4. The molecule has 0 spiro atoms. The Kier molecular flexibility index (Phi) is 7.21. The summed E-state index contributed by atoms with van der Waals surface area (Å²) in [6.45, 7) is 0. The fourth-order valence-electron chi connectivity index (χ4n) is 2.14. The minimum Gasteiger partial charge on any atom is -0.497 e. The predicted molar refractivity (Wildman–Crippen MR) is 101 cm³/mol. The summed E-state index contributed by atoms with van der Waals surface area (Å²) < 4.78 is 25.4. The molecule has 2 aromatic carbocycles. The Morgan fingerprint density at radius 3 is 2.14 bits per heavy atom. The van der Waals surface area contributed by atoms with Gasteiger partial charge >= 0.3 is 12.1 Å². The van der Waals surface area contributed by atoms with Crippen molar-refractivity contribution in [3.63, 3.8) is 0 Å². The molecule has 0 bridgehead atoms. The lowest BCUT2D eigenvalue weighted by Crippen LogP contribution is -2.16. The summed E-state index contributed by atoms with van der Waals surface area (Å²) in [5, 5.41) is 3.72. The van der Waals surface area contributed by atoms with E-state index in [9.17, 15) is 9.59 Å². The minimum atomic E-state index is -0.692. The molecule has 0 aromatic heterocycles. The van der Waals surface area contributed by atoms with Crippen molar-refractivity contribution in [2.45, 2.75) is 0 Å². The van der Waals surface area contributed by atoms with E-state index >= 15 is 0 Å². The number of carbonyl (C=O) groups is 2. The van der Waals surface area contributed by atoms with E-state index in [-0.39, 0.29) is 11.3 Å². The maximum absolute atomic E-state index is 12.5. The van der Waals surface area contributed by atoms with Crippen molar-refractivity contribution < 1.29 is 33.3 Å². The minimum absolute atomic E-state index is 0.215. The molecule has 0 saturated heterocycles. The molecule has 2 aromatic rings. The number of hydrogen-bond donors (Lipinski definition) is 1. The molecule has 0 radical (unpaired) electrons. The van der Waals surface area contributed by atoms with E-state index in [1.54, 1.807) is 24.3 Å². The number of carbonyl (C=O) groups excluding carboxylic acids is 2. The van der Waals surface area contributed by atoms with Gasteiger partial charge in [0.25, 0.3) is 0 Å². The van der Waals surface area contributed by atoms with Crippen LogP contribution in [0, 0.1) is 0 Å². The van der Waals surface area contributed by atoms with E-state index in [1.165, 1.54) is 46.8 Å². The van der Waals surface area contributed by atoms with E-state index < -0.39 is 12.1 Å². The van der Waals surface area contributed by atoms with Crippen LogP contribution in [0.4, 0.5) is 4.79 Å². The van der Waals surface area contributed by atoms with E-state index in [0.717, 1.165) is 0 Å². The highest BCUT2D eigenvalue weighted by atomic mass is 16.6. The van der Waals surface area contributed by atoms with Gasteiger partial charge in [-0.2, -0.15) is 5.10 Å². The van der Waals surface area contributed by atoms with E-state index in [1.807, 2.05) is 0 Å². The van der Waals surface area contributed by atoms with Crippen LogP contribution in [0.1, 0.15) is 15.9 Å². The van der Waals surface area contributed by atoms with Crippen molar-refractivity contribution >= 4 is 18.3 Å². The second kappa shape index (κ2) is 9.81. The van der Waals surface area contributed by atoms with E-state index in [0.29, 0.717) is 22.8 Å². The number of esters is 1. The molecule has 9 nitrogen and oxygen atoms in total. The van der Waals surface area contributed by atoms with Crippen LogP contribution in [-0.4, -0.2) is 46.7 Å². The highest BCUT2D eigenvalue weighted by Gasteiger charge is 2.15. The number of hydrazone groups is 1. The Morgan fingerprint density at radius 1 is 0.893 bits per heavy atom. The zero-order chi connectivity index (χ0) is 20.5. The average molecular weight is 388 g/mol. The fourth-order valence-corrected chi connectivity index (χ4v) is 2.14. The molecule has 0 aliphatic carbocycles. The van der Waals surface area contributed by atoms with Crippen molar-refractivity contribution in [3.05, 3.63) is 47.5 Å². The quantitative estimate of drug-likeness (QED) is 0.336. The number of hydrogen-bond acceptors (Lipinski definition) is 8. The lowest BCUT2D eigenvalue weighted by Gasteiger charge is -2.11. The maximum Gasteiger partial charge on any atom is 0.427 e. The van der Waals surface area contributed by atoms with Gasteiger partial charge in [0, 0.05) is 6.07 Å². The van der Waals surface area contributed by atoms with Gasteiger partial charge in [0.2, 0.25) is 0 Å². The molecule has 28 heavy (non-hydrogen) atoms. The van der Waals surface area contributed by atoms with Crippen molar-refractivity contribution in [1.82, 2.24) is 5.43 Å². The maximum atomic E-state index is 12.5. The van der Waals surface area contributed by atoms with Gasteiger partial charge in [-0.25, -0.2) is 15.0 Å². The third-order valence-corrected chi connectivity index (χ3v) is 3.53. The number of benzene rings is 2. The second-order valence-electron chi connectivity index (χ2n) is 5.26. The Labute approximate surface area is 161 Å². The summed E-state index contributed by atoms with van der Waals surface area (Å²) >= 11 is 0. The number of ether oxygens (including phenoxy) is 5. The SMILES string of the molecule is COC(=O)NN=Cc1ccc(OC(=O)c2cc(OC)cc(OC)c2)c(OC)c1.